The SMILES string of the molecule is COc1ccc(Cn2ncc3c(-c4cc(OC)c(CC5CCN(CCO)CC5)c(OC)c4)cn(C)c(=O)c32)cc1. The number of rotatable bonds is 10. The number of methoxy groups -OCH3 is 3. The molecule has 1 aliphatic rings. The highest BCUT2D eigenvalue weighted by molar-refractivity contribution is 5.94. The lowest BCUT2D eigenvalue weighted by molar-refractivity contribution is 0.147. The molecule has 1 fully saturated rings. The standard InChI is InChI=1S/C31H38N4O5/c1-33-20-27(26-18-32-35(30(26)31(33)37)19-22-5-7-24(38-2)8-6-22)23-16-28(39-3)25(29(17-23)40-4)15-21-9-11-34(12-10-21)13-14-36/h5-8,16-18,20-21,36H,9-15,19H2,1-4H3. The average molecular weight is 547 g/mol. The molecule has 9 nitrogen and oxygen atoms in total. The van der Waals surface area contributed by atoms with Crippen molar-refractivity contribution < 1.29 is 19.3 Å². The number of β-amino-alcohol motifs (C(OH)–C–C–N with tert-alkyl or cyclic N) is 1. The molecule has 0 aliphatic carbocycles. The highest BCUT2D eigenvalue weighted by Crippen LogP contribution is 2.39. The second-order valence-corrected chi connectivity index (χ2v) is 10.4. The summed E-state index contributed by atoms with van der Waals surface area (Å²) in [5.41, 5.74) is 4.32. The first-order chi connectivity index (χ1) is 19.4. The average Bonchev–Trinajstić information content (AvgIpc) is 3.40. The van der Waals surface area contributed by atoms with Crippen LogP contribution in [0.2, 0.25) is 0 Å². The highest BCUT2D eigenvalue weighted by atomic mass is 16.5. The zero-order chi connectivity index (χ0) is 28.2. The van der Waals surface area contributed by atoms with E-state index in [0.29, 0.717) is 18.0 Å². The van der Waals surface area contributed by atoms with E-state index < -0.39 is 0 Å². The van der Waals surface area contributed by atoms with Crippen molar-refractivity contribution >= 4 is 10.9 Å². The summed E-state index contributed by atoms with van der Waals surface area (Å²) in [7, 11) is 6.79. The number of fused-ring (bicyclic) bond motifs is 1. The smallest absolute Gasteiger partial charge is 0.276 e. The molecule has 0 unspecified atom stereocenters. The second-order valence-electron chi connectivity index (χ2n) is 10.4. The molecule has 5 rings (SSSR count). The number of likely N-dealkylation sites (tertiary alicyclic amines) is 1. The van der Waals surface area contributed by atoms with Gasteiger partial charge >= 0.3 is 0 Å². The van der Waals surface area contributed by atoms with Crippen molar-refractivity contribution in [2.45, 2.75) is 25.8 Å². The Balaban J connectivity index is 1.50. The summed E-state index contributed by atoms with van der Waals surface area (Å²) in [5.74, 6) is 2.86. The van der Waals surface area contributed by atoms with E-state index in [2.05, 4.69) is 10.00 Å². The Morgan fingerprint density at radius 1 is 1.00 bits per heavy atom. The second kappa shape index (κ2) is 12.1. The van der Waals surface area contributed by atoms with Gasteiger partial charge in [0, 0.05) is 36.3 Å². The molecule has 4 aromatic rings. The molecule has 2 aromatic carbocycles. The molecule has 212 valence electrons. The van der Waals surface area contributed by atoms with E-state index in [4.69, 9.17) is 14.2 Å². The molecule has 0 atom stereocenters. The Bertz CT molecular complexity index is 1490. The highest BCUT2D eigenvalue weighted by Gasteiger charge is 2.24. The van der Waals surface area contributed by atoms with E-state index in [9.17, 15) is 9.90 Å². The predicted octanol–water partition coefficient (Wildman–Crippen LogP) is 3.72. The maximum absolute atomic E-state index is 13.3. The Morgan fingerprint density at radius 2 is 1.68 bits per heavy atom. The molecule has 0 amide bonds. The topological polar surface area (TPSA) is 91.0 Å². The fraction of sp³-hybridized carbons (Fsp3) is 0.419. The number of aliphatic hydroxyl groups is 1. The third kappa shape index (κ3) is 5.57. The van der Waals surface area contributed by atoms with E-state index in [1.165, 1.54) is 0 Å². The van der Waals surface area contributed by atoms with Crippen LogP contribution < -0.4 is 19.8 Å². The van der Waals surface area contributed by atoms with Gasteiger partial charge in [0.15, 0.2) is 0 Å². The van der Waals surface area contributed by atoms with Gasteiger partial charge in [-0.1, -0.05) is 12.1 Å². The fourth-order valence-electron chi connectivity index (χ4n) is 5.74. The van der Waals surface area contributed by atoms with E-state index in [1.807, 2.05) is 42.6 Å². The molecule has 2 aromatic heterocycles. The van der Waals surface area contributed by atoms with Gasteiger partial charge in [-0.2, -0.15) is 5.10 Å². The number of aliphatic hydroxyl groups excluding tert-OH is 1. The molecule has 1 saturated heterocycles. The van der Waals surface area contributed by atoms with Crippen molar-refractivity contribution in [3.63, 3.8) is 0 Å². The molecule has 0 saturated carbocycles. The van der Waals surface area contributed by atoms with Gasteiger partial charge in [0.1, 0.15) is 22.8 Å². The molecule has 0 spiro atoms. The van der Waals surface area contributed by atoms with Gasteiger partial charge in [-0.15, -0.1) is 0 Å². The maximum Gasteiger partial charge on any atom is 0.276 e. The third-order valence-corrected chi connectivity index (χ3v) is 8.00. The van der Waals surface area contributed by atoms with Gasteiger partial charge in [-0.3, -0.25) is 9.48 Å². The summed E-state index contributed by atoms with van der Waals surface area (Å²) in [5, 5.41) is 14.6. The maximum atomic E-state index is 13.3. The normalized spacial score (nSPS) is 14.5. The molecule has 1 N–H and O–H groups in total. The van der Waals surface area contributed by atoms with Gasteiger partial charge in [0.2, 0.25) is 0 Å². The quantitative estimate of drug-likeness (QED) is 0.324. The third-order valence-electron chi connectivity index (χ3n) is 8.00. The van der Waals surface area contributed by atoms with Crippen LogP contribution in [0.3, 0.4) is 0 Å². The monoisotopic (exact) mass is 546 g/mol. The van der Waals surface area contributed by atoms with Crippen LogP contribution in [0.5, 0.6) is 17.2 Å². The van der Waals surface area contributed by atoms with Gasteiger partial charge in [0.05, 0.1) is 40.7 Å². The molecule has 0 radical (unpaired) electrons. The van der Waals surface area contributed by atoms with Gasteiger partial charge in [-0.05, 0) is 73.7 Å². The van der Waals surface area contributed by atoms with Crippen molar-refractivity contribution in [1.82, 2.24) is 19.2 Å². The molecule has 1 aliphatic heterocycles. The number of benzene rings is 2. The summed E-state index contributed by atoms with van der Waals surface area (Å²) in [6.45, 7) is 3.38. The molecular formula is C31H38N4O5. The molecule has 40 heavy (non-hydrogen) atoms. The van der Waals surface area contributed by atoms with E-state index >= 15 is 0 Å². The van der Waals surface area contributed by atoms with Gasteiger partial charge in [-0.25, -0.2) is 0 Å². The van der Waals surface area contributed by atoms with Crippen LogP contribution in [0.1, 0.15) is 24.0 Å². The largest absolute Gasteiger partial charge is 0.497 e. The predicted molar refractivity (Wildman–Crippen MR) is 156 cm³/mol. The lowest BCUT2D eigenvalue weighted by atomic mass is 9.88. The van der Waals surface area contributed by atoms with Crippen LogP contribution >= 0.6 is 0 Å². The zero-order valence-electron chi connectivity index (χ0n) is 23.7. The minimum Gasteiger partial charge on any atom is -0.497 e. The van der Waals surface area contributed by atoms with Crippen LogP contribution in [-0.4, -0.2) is 71.9 Å². The van der Waals surface area contributed by atoms with Crippen molar-refractivity contribution in [2.24, 2.45) is 13.0 Å². The Hall–Kier alpha value is -3.82. The summed E-state index contributed by atoms with van der Waals surface area (Å²) in [6.07, 6.45) is 6.63. The summed E-state index contributed by atoms with van der Waals surface area (Å²) < 4.78 is 20.4. The number of hydrogen-bond acceptors (Lipinski definition) is 7. The lowest BCUT2D eigenvalue weighted by Crippen LogP contribution is -2.36. The number of aromatic nitrogens is 3. The van der Waals surface area contributed by atoms with Gasteiger partial charge < -0.3 is 28.8 Å². The van der Waals surface area contributed by atoms with E-state index in [0.717, 1.165) is 83.8 Å². The number of hydrogen-bond donors (Lipinski definition) is 1. The summed E-state index contributed by atoms with van der Waals surface area (Å²) >= 11 is 0. The summed E-state index contributed by atoms with van der Waals surface area (Å²) in [6, 6.07) is 11.8. The van der Waals surface area contributed by atoms with Crippen LogP contribution in [0.4, 0.5) is 0 Å². The van der Waals surface area contributed by atoms with E-state index in [1.54, 1.807) is 43.8 Å². The molecule has 0 bridgehead atoms. The number of nitrogens with zero attached hydrogens (tertiary/aromatic N) is 4. The minimum atomic E-state index is -0.104. The first-order valence-electron chi connectivity index (χ1n) is 13.7. The number of piperidine rings is 1. The van der Waals surface area contributed by atoms with Crippen LogP contribution in [0.25, 0.3) is 22.0 Å². The van der Waals surface area contributed by atoms with Gasteiger partial charge in [0.25, 0.3) is 5.56 Å². The molecule has 9 heteroatoms. The molecule has 3 heterocycles. The first kappa shape index (κ1) is 27.7. The number of ether oxygens (including phenoxy) is 3. The van der Waals surface area contributed by atoms with Crippen molar-refractivity contribution in [1.29, 1.82) is 0 Å². The van der Waals surface area contributed by atoms with Crippen LogP contribution in [-0.2, 0) is 20.0 Å². The first-order valence-corrected chi connectivity index (χ1v) is 13.7. The molecular weight excluding hydrogens is 508 g/mol. The van der Waals surface area contributed by atoms with Crippen LogP contribution in [0, 0.1) is 5.92 Å². The van der Waals surface area contributed by atoms with Crippen molar-refractivity contribution in [3.05, 3.63) is 70.3 Å². The van der Waals surface area contributed by atoms with Crippen molar-refractivity contribution in [2.75, 3.05) is 47.6 Å². The van der Waals surface area contributed by atoms with E-state index in [-0.39, 0.29) is 12.2 Å². The Morgan fingerprint density at radius 3 is 2.27 bits per heavy atom. The fourth-order valence-corrected chi connectivity index (χ4v) is 5.74. The summed E-state index contributed by atoms with van der Waals surface area (Å²) in [4.78, 5) is 15.6. The Kier molecular flexibility index (Phi) is 8.42. The van der Waals surface area contributed by atoms with Crippen molar-refractivity contribution in [3.8, 4) is 28.4 Å². The van der Waals surface area contributed by atoms with Crippen LogP contribution in [0.15, 0.2) is 53.6 Å². The number of aryl methyl sites for hydroxylation is 1. The number of pyridine rings is 1. The zero-order valence-corrected chi connectivity index (χ0v) is 23.7. The lowest BCUT2D eigenvalue weighted by Gasteiger charge is -2.32. The Labute approximate surface area is 234 Å². The minimum absolute atomic E-state index is 0.104.